The fourth-order valence-electron chi connectivity index (χ4n) is 2.11. The average molecular weight is 265 g/mol. The van der Waals surface area contributed by atoms with Gasteiger partial charge in [0, 0.05) is 24.3 Å². The molecule has 0 aliphatic rings. The van der Waals surface area contributed by atoms with Crippen molar-refractivity contribution < 1.29 is 9.47 Å². The number of hydrogen-bond donors (Lipinski definition) is 1. The van der Waals surface area contributed by atoms with Crippen LogP contribution >= 0.6 is 0 Å². The number of para-hydroxylation sites is 1. The molecule has 0 heterocycles. The number of nitrogens with one attached hydrogen (secondary N) is 1. The van der Waals surface area contributed by atoms with E-state index in [9.17, 15) is 0 Å². The fraction of sp³-hybridized carbons (Fsp3) is 0.625. The van der Waals surface area contributed by atoms with Crippen LogP contribution in [0.1, 0.15) is 39.3 Å². The van der Waals surface area contributed by atoms with Gasteiger partial charge in [-0.2, -0.15) is 0 Å². The van der Waals surface area contributed by atoms with E-state index in [1.807, 2.05) is 25.1 Å². The van der Waals surface area contributed by atoms with Crippen molar-refractivity contribution in [2.24, 2.45) is 5.92 Å². The molecule has 0 aliphatic heterocycles. The molecule has 0 saturated carbocycles. The van der Waals surface area contributed by atoms with Crippen molar-refractivity contribution in [2.75, 3.05) is 20.3 Å². The Morgan fingerprint density at radius 2 is 1.84 bits per heavy atom. The van der Waals surface area contributed by atoms with Crippen LogP contribution in [-0.2, 0) is 4.74 Å². The van der Waals surface area contributed by atoms with Gasteiger partial charge < -0.3 is 14.8 Å². The second-order valence-electron chi connectivity index (χ2n) is 5.14. The van der Waals surface area contributed by atoms with E-state index < -0.39 is 0 Å². The normalized spacial score (nSPS) is 14.4. The van der Waals surface area contributed by atoms with Gasteiger partial charge in [0.1, 0.15) is 5.75 Å². The summed E-state index contributed by atoms with van der Waals surface area (Å²) in [6.45, 7) is 10.1. The zero-order valence-corrected chi connectivity index (χ0v) is 12.8. The summed E-state index contributed by atoms with van der Waals surface area (Å²) >= 11 is 0. The van der Waals surface area contributed by atoms with Gasteiger partial charge in [-0.05, 0) is 25.8 Å². The lowest BCUT2D eigenvalue weighted by Crippen LogP contribution is -2.39. The van der Waals surface area contributed by atoms with Crippen molar-refractivity contribution in [2.45, 2.75) is 39.8 Å². The lowest BCUT2D eigenvalue weighted by Gasteiger charge is -2.27. The molecule has 0 radical (unpaired) electrons. The van der Waals surface area contributed by atoms with Crippen LogP contribution in [0.5, 0.6) is 5.75 Å². The average Bonchev–Trinajstić information content (AvgIpc) is 2.42. The summed E-state index contributed by atoms with van der Waals surface area (Å²) in [7, 11) is 1.71. The largest absolute Gasteiger partial charge is 0.496 e. The van der Waals surface area contributed by atoms with Gasteiger partial charge in [0.2, 0.25) is 0 Å². The van der Waals surface area contributed by atoms with Gasteiger partial charge >= 0.3 is 0 Å². The number of methoxy groups -OCH3 is 1. The highest BCUT2D eigenvalue weighted by Gasteiger charge is 2.18. The molecule has 3 nitrogen and oxygen atoms in total. The molecule has 19 heavy (non-hydrogen) atoms. The second-order valence-corrected chi connectivity index (χ2v) is 5.14. The first-order valence-electron chi connectivity index (χ1n) is 7.06. The fourth-order valence-corrected chi connectivity index (χ4v) is 2.11. The van der Waals surface area contributed by atoms with Crippen LogP contribution in [0.4, 0.5) is 0 Å². The van der Waals surface area contributed by atoms with Crippen LogP contribution in [0.15, 0.2) is 24.3 Å². The molecule has 1 aromatic carbocycles. The van der Waals surface area contributed by atoms with Gasteiger partial charge in [0.25, 0.3) is 0 Å². The van der Waals surface area contributed by atoms with Gasteiger partial charge in [-0.25, -0.2) is 0 Å². The van der Waals surface area contributed by atoms with Gasteiger partial charge in [-0.1, -0.05) is 32.0 Å². The first kappa shape index (κ1) is 16.0. The highest BCUT2D eigenvalue weighted by Crippen LogP contribution is 2.25. The monoisotopic (exact) mass is 265 g/mol. The molecule has 0 aromatic heterocycles. The van der Waals surface area contributed by atoms with E-state index in [-0.39, 0.29) is 6.04 Å². The molecule has 0 aliphatic carbocycles. The quantitative estimate of drug-likeness (QED) is 0.781. The zero-order chi connectivity index (χ0) is 14.3. The summed E-state index contributed by atoms with van der Waals surface area (Å²) in [5, 5.41) is 3.64. The van der Waals surface area contributed by atoms with Crippen LogP contribution in [0, 0.1) is 5.92 Å². The highest BCUT2D eigenvalue weighted by molar-refractivity contribution is 5.35. The maximum Gasteiger partial charge on any atom is 0.123 e. The molecule has 1 rings (SSSR count). The Morgan fingerprint density at radius 3 is 2.42 bits per heavy atom. The topological polar surface area (TPSA) is 30.5 Å². The van der Waals surface area contributed by atoms with E-state index in [0.29, 0.717) is 12.0 Å². The van der Waals surface area contributed by atoms with Gasteiger partial charge in [0.05, 0.1) is 13.7 Å². The van der Waals surface area contributed by atoms with Gasteiger partial charge in [0.15, 0.2) is 0 Å². The van der Waals surface area contributed by atoms with Crippen molar-refractivity contribution in [3.63, 3.8) is 0 Å². The third-order valence-electron chi connectivity index (χ3n) is 3.38. The minimum Gasteiger partial charge on any atom is -0.496 e. The Balaban J connectivity index is 2.72. The van der Waals surface area contributed by atoms with Gasteiger partial charge in [-0.15, -0.1) is 0 Å². The summed E-state index contributed by atoms with van der Waals surface area (Å²) in [6.07, 6.45) is 0. The Kier molecular flexibility index (Phi) is 6.89. The van der Waals surface area contributed by atoms with E-state index in [1.165, 1.54) is 5.56 Å². The first-order chi connectivity index (χ1) is 9.10. The molecule has 108 valence electrons. The van der Waals surface area contributed by atoms with Crippen LogP contribution < -0.4 is 10.1 Å². The molecule has 2 unspecified atom stereocenters. The minimum atomic E-state index is 0.240. The Bertz CT molecular complexity index is 366. The maximum atomic E-state index is 5.56. The number of hydrogen-bond acceptors (Lipinski definition) is 3. The predicted molar refractivity (Wildman–Crippen MR) is 79.7 cm³/mol. The molecular formula is C16H27NO2. The summed E-state index contributed by atoms with van der Waals surface area (Å²) in [5.41, 5.74) is 1.19. The first-order valence-corrected chi connectivity index (χ1v) is 7.06. The molecule has 0 bridgehead atoms. The molecule has 0 spiro atoms. The van der Waals surface area contributed by atoms with E-state index in [0.717, 1.165) is 19.0 Å². The van der Waals surface area contributed by atoms with Crippen molar-refractivity contribution in [3.8, 4) is 5.75 Å². The van der Waals surface area contributed by atoms with Crippen molar-refractivity contribution in [3.05, 3.63) is 29.8 Å². The molecule has 0 amide bonds. The summed E-state index contributed by atoms with van der Waals surface area (Å²) in [6, 6.07) is 8.73. The van der Waals surface area contributed by atoms with Gasteiger partial charge in [-0.3, -0.25) is 0 Å². The van der Waals surface area contributed by atoms with Crippen molar-refractivity contribution in [1.29, 1.82) is 0 Å². The van der Waals surface area contributed by atoms with Crippen LogP contribution in [0.3, 0.4) is 0 Å². The highest BCUT2D eigenvalue weighted by atomic mass is 16.5. The molecule has 1 aromatic rings. The molecule has 3 heteroatoms. The lowest BCUT2D eigenvalue weighted by atomic mass is 10.0. The standard InChI is InChI=1S/C16H27NO2/c1-6-19-11-15(12(2)3)17-13(4)14-9-7-8-10-16(14)18-5/h7-10,12-13,15,17H,6,11H2,1-5H3. The Labute approximate surface area is 117 Å². The third-order valence-corrected chi connectivity index (χ3v) is 3.38. The predicted octanol–water partition coefficient (Wildman–Crippen LogP) is 3.41. The Morgan fingerprint density at radius 1 is 1.16 bits per heavy atom. The minimum absolute atomic E-state index is 0.240. The number of benzene rings is 1. The van der Waals surface area contributed by atoms with Crippen LogP contribution in [0.25, 0.3) is 0 Å². The van der Waals surface area contributed by atoms with E-state index in [2.05, 4.69) is 32.2 Å². The number of rotatable bonds is 8. The van der Waals surface area contributed by atoms with Crippen LogP contribution in [0.2, 0.25) is 0 Å². The zero-order valence-electron chi connectivity index (χ0n) is 12.8. The summed E-state index contributed by atoms with van der Waals surface area (Å²) < 4.78 is 11.0. The smallest absolute Gasteiger partial charge is 0.123 e. The second kappa shape index (κ2) is 8.18. The van der Waals surface area contributed by atoms with Crippen molar-refractivity contribution in [1.82, 2.24) is 5.32 Å². The third kappa shape index (κ3) is 4.84. The maximum absolute atomic E-state index is 5.56. The molecule has 0 fully saturated rings. The lowest BCUT2D eigenvalue weighted by molar-refractivity contribution is 0.104. The SMILES string of the molecule is CCOCC(NC(C)c1ccccc1OC)C(C)C. The Hall–Kier alpha value is -1.06. The van der Waals surface area contributed by atoms with E-state index >= 15 is 0 Å². The molecule has 1 N–H and O–H groups in total. The summed E-state index contributed by atoms with van der Waals surface area (Å²) in [4.78, 5) is 0. The molecule has 2 atom stereocenters. The van der Waals surface area contributed by atoms with E-state index in [1.54, 1.807) is 7.11 Å². The van der Waals surface area contributed by atoms with E-state index in [4.69, 9.17) is 9.47 Å². The van der Waals surface area contributed by atoms with Crippen LogP contribution in [-0.4, -0.2) is 26.4 Å². The number of ether oxygens (including phenoxy) is 2. The molecule has 0 saturated heterocycles. The summed E-state index contributed by atoms with van der Waals surface area (Å²) in [5.74, 6) is 1.46. The van der Waals surface area contributed by atoms with Crippen molar-refractivity contribution >= 4 is 0 Å². The molecular weight excluding hydrogens is 238 g/mol.